The average molecular weight is 286 g/mol. The summed E-state index contributed by atoms with van der Waals surface area (Å²) >= 11 is 6.11. The molecule has 0 bridgehead atoms. The fourth-order valence-electron chi connectivity index (χ4n) is 1.77. The molecule has 106 valence electrons. The fraction of sp³-hybridized carbons (Fsp3) is 0.500. The molecule has 0 aromatic heterocycles. The Kier molecular flexibility index (Phi) is 6.12. The van der Waals surface area contributed by atoms with Gasteiger partial charge in [-0.15, -0.1) is 0 Å². The normalized spacial score (nSPS) is 12.5. The summed E-state index contributed by atoms with van der Waals surface area (Å²) in [6, 6.07) is 4.80. The second-order valence-electron chi connectivity index (χ2n) is 4.86. The number of carboxylic acid groups (broad SMARTS) is 1. The molecule has 0 unspecified atom stereocenters. The molecule has 0 aliphatic carbocycles. The molecular formula is C14H20ClNO3. The third-order valence-corrected chi connectivity index (χ3v) is 3.16. The van der Waals surface area contributed by atoms with Crippen molar-refractivity contribution < 1.29 is 14.6 Å². The highest BCUT2D eigenvalue weighted by molar-refractivity contribution is 6.31. The smallest absolute Gasteiger partial charge is 0.320 e. The number of aliphatic carboxylic acids is 1. The van der Waals surface area contributed by atoms with Gasteiger partial charge in [0.25, 0.3) is 0 Å². The van der Waals surface area contributed by atoms with Crippen LogP contribution < -0.4 is 10.1 Å². The molecule has 0 radical (unpaired) electrons. The third-order valence-electron chi connectivity index (χ3n) is 2.80. The van der Waals surface area contributed by atoms with Crippen molar-refractivity contribution in [1.82, 2.24) is 5.32 Å². The zero-order chi connectivity index (χ0) is 14.4. The van der Waals surface area contributed by atoms with Crippen molar-refractivity contribution in [1.29, 1.82) is 0 Å². The van der Waals surface area contributed by atoms with Crippen LogP contribution in [0.3, 0.4) is 0 Å². The van der Waals surface area contributed by atoms with Crippen LogP contribution in [0.5, 0.6) is 5.75 Å². The first kappa shape index (κ1) is 15.8. The summed E-state index contributed by atoms with van der Waals surface area (Å²) in [6.07, 6.45) is 0.586. The molecule has 4 nitrogen and oxygen atoms in total. The van der Waals surface area contributed by atoms with Gasteiger partial charge in [0.1, 0.15) is 11.8 Å². The van der Waals surface area contributed by atoms with Crippen LogP contribution in [0.1, 0.15) is 25.8 Å². The molecule has 19 heavy (non-hydrogen) atoms. The monoisotopic (exact) mass is 285 g/mol. The lowest BCUT2D eigenvalue weighted by Crippen LogP contribution is -2.37. The van der Waals surface area contributed by atoms with Gasteiger partial charge in [0.05, 0.1) is 7.11 Å². The van der Waals surface area contributed by atoms with Crippen LogP contribution in [0.2, 0.25) is 5.02 Å². The van der Waals surface area contributed by atoms with Gasteiger partial charge in [0, 0.05) is 11.6 Å². The van der Waals surface area contributed by atoms with E-state index in [0.717, 1.165) is 5.56 Å². The SMILES string of the molecule is COc1ccc(CN[C@@H](CC(C)C)C(=O)O)c(Cl)c1. The Morgan fingerprint density at radius 2 is 2.16 bits per heavy atom. The van der Waals surface area contributed by atoms with Gasteiger partial charge >= 0.3 is 5.97 Å². The Labute approximate surface area is 118 Å². The number of hydrogen-bond acceptors (Lipinski definition) is 3. The topological polar surface area (TPSA) is 58.6 Å². The Morgan fingerprint density at radius 3 is 2.63 bits per heavy atom. The van der Waals surface area contributed by atoms with Crippen LogP contribution in [0.25, 0.3) is 0 Å². The summed E-state index contributed by atoms with van der Waals surface area (Å²) in [6.45, 7) is 4.42. The molecule has 0 amide bonds. The molecular weight excluding hydrogens is 266 g/mol. The van der Waals surface area contributed by atoms with Crippen molar-refractivity contribution in [2.75, 3.05) is 7.11 Å². The van der Waals surface area contributed by atoms with Gasteiger partial charge in [-0.1, -0.05) is 31.5 Å². The Morgan fingerprint density at radius 1 is 1.47 bits per heavy atom. The Hall–Kier alpha value is -1.26. The minimum absolute atomic E-state index is 0.319. The zero-order valence-corrected chi connectivity index (χ0v) is 12.2. The molecule has 0 fully saturated rings. The van der Waals surface area contributed by atoms with Gasteiger partial charge in [-0.2, -0.15) is 0 Å². The zero-order valence-electron chi connectivity index (χ0n) is 11.4. The van der Waals surface area contributed by atoms with Crippen LogP contribution in [0, 0.1) is 5.92 Å². The molecule has 0 heterocycles. The van der Waals surface area contributed by atoms with Gasteiger partial charge in [-0.25, -0.2) is 0 Å². The van der Waals surface area contributed by atoms with E-state index in [1.165, 1.54) is 0 Å². The second-order valence-corrected chi connectivity index (χ2v) is 5.27. The minimum atomic E-state index is -0.835. The maximum absolute atomic E-state index is 11.1. The van der Waals surface area contributed by atoms with Crippen molar-refractivity contribution in [3.05, 3.63) is 28.8 Å². The van der Waals surface area contributed by atoms with Gasteiger partial charge in [0.15, 0.2) is 0 Å². The molecule has 5 heteroatoms. The highest BCUT2D eigenvalue weighted by atomic mass is 35.5. The number of benzene rings is 1. The number of ether oxygens (including phenoxy) is 1. The fourth-order valence-corrected chi connectivity index (χ4v) is 2.01. The van der Waals surface area contributed by atoms with Crippen LogP contribution in [-0.2, 0) is 11.3 Å². The van der Waals surface area contributed by atoms with E-state index < -0.39 is 12.0 Å². The first-order chi connectivity index (χ1) is 8.93. The van der Waals surface area contributed by atoms with Crippen molar-refractivity contribution in [2.45, 2.75) is 32.9 Å². The third kappa shape index (κ3) is 5.09. The van der Waals surface area contributed by atoms with Crippen molar-refractivity contribution in [3.63, 3.8) is 0 Å². The minimum Gasteiger partial charge on any atom is -0.497 e. The molecule has 2 N–H and O–H groups in total. The molecule has 1 rings (SSSR count). The lowest BCUT2D eigenvalue weighted by molar-refractivity contribution is -0.140. The molecule has 0 aliphatic rings. The predicted octanol–water partition coefficient (Wildman–Crippen LogP) is 2.94. The van der Waals surface area contributed by atoms with E-state index in [-0.39, 0.29) is 0 Å². The highest BCUT2D eigenvalue weighted by Gasteiger charge is 2.18. The summed E-state index contributed by atoms with van der Waals surface area (Å²) in [4.78, 5) is 11.1. The maximum atomic E-state index is 11.1. The summed E-state index contributed by atoms with van der Waals surface area (Å²) in [5.74, 6) is 0.170. The Balaban J connectivity index is 2.66. The van der Waals surface area contributed by atoms with Crippen molar-refractivity contribution >= 4 is 17.6 Å². The average Bonchev–Trinajstić information content (AvgIpc) is 2.34. The van der Waals surface area contributed by atoms with Crippen LogP contribution in [0.15, 0.2) is 18.2 Å². The summed E-state index contributed by atoms with van der Waals surface area (Å²) < 4.78 is 5.07. The number of rotatable bonds is 7. The van der Waals surface area contributed by atoms with E-state index in [0.29, 0.717) is 29.7 Å². The molecule has 1 aromatic carbocycles. The van der Waals surface area contributed by atoms with E-state index in [1.807, 2.05) is 19.9 Å². The van der Waals surface area contributed by atoms with Crippen LogP contribution >= 0.6 is 11.6 Å². The number of halogens is 1. The van der Waals surface area contributed by atoms with E-state index in [4.69, 9.17) is 21.4 Å². The van der Waals surface area contributed by atoms with E-state index in [9.17, 15) is 4.79 Å². The number of carboxylic acids is 1. The number of methoxy groups -OCH3 is 1. The van der Waals surface area contributed by atoms with Gasteiger partial charge in [-0.3, -0.25) is 4.79 Å². The van der Waals surface area contributed by atoms with Crippen LogP contribution in [-0.4, -0.2) is 24.2 Å². The Bertz CT molecular complexity index is 435. The largest absolute Gasteiger partial charge is 0.497 e. The summed E-state index contributed by atoms with van der Waals surface area (Å²) in [5.41, 5.74) is 0.859. The second kappa shape index (κ2) is 7.36. The number of carbonyl (C=O) groups is 1. The van der Waals surface area contributed by atoms with Gasteiger partial charge in [0.2, 0.25) is 0 Å². The number of nitrogens with one attached hydrogen (secondary N) is 1. The molecule has 0 aliphatic heterocycles. The number of hydrogen-bond donors (Lipinski definition) is 2. The van der Waals surface area contributed by atoms with E-state index in [1.54, 1.807) is 19.2 Å². The lowest BCUT2D eigenvalue weighted by atomic mass is 10.0. The molecule has 0 saturated heterocycles. The van der Waals surface area contributed by atoms with Crippen LogP contribution in [0.4, 0.5) is 0 Å². The summed E-state index contributed by atoms with van der Waals surface area (Å²) in [5, 5.41) is 12.7. The van der Waals surface area contributed by atoms with E-state index in [2.05, 4.69) is 5.32 Å². The van der Waals surface area contributed by atoms with Gasteiger partial charge < -0.3 is 15.2 Å². The lowest BCUT2D eigenvalue weighted by Gasteiger charge is -2.17. The molecule has 1 atom stereocenters. The van der Waals surface area contributed by atoms with Crippen molar-refractivity contribution in [2.24, 2.45) is 5.92 Å². The first-order valence-electron chi connectivity index (χ1n) is 6.22. The summed E-state index contributed by atoms with van der Waals surface area (Å²) in [7, 11) is 1.58. The van der Waals surface area contributed by atoms with Gasteiger partial charge in [-0.05, 0) is 30.0 Å². The maximum Gasteiger partial charge on any atom is 0.320 e. The highest BCUT2D eigenvalue weighted by Crippen LogP contribution is 2.22. The first-order valence-corrected chi connectivity index (χ1v) is 6.60. The molecule has 0 spiro atoms. The quantitative estimate of drug-likeness (QED) is 0.809. The standard InChI is InChI=1S/C14H20ClNO3/c1-9(2)6-13(14(17)18)16-8-10-4-5-11(19-3)7-12(10)15/h4-5,7,9,13,16H,6,8H2,1-3H3,(H,17,18)/t13-/m0/s1. The van der Waals surface area contributed by atoms with Crippen molar-refractivity contribution in [3.8, 4) is 5.75 Å². The predicted molar refractivity (Wildman–Crippen MR) is 75.7 cm³/mol. The molecule has 1 aromatic rings. The molecule has 0 saturated carbocycles. The van der Waals surface area contributed by atoms with E-state index >= 15 is 0 Å².